The third kappa shape index (κ3) is 1.91. The van der Waals surface area contributed by atoms with Crippen LogP contribution in [-0.2, 0) is 0 Å². The molecule has 0 aliphatic rings. The van der Waals surface area contributed by atoms with Crippen LogP contribution in [0.1, 0.15) is 5.56 Å². The van der Waals surface area contributed by atoms with Crippen molar-refractivity contribution in [3.63, 3.8) is 0 Å². The summed E-state index contributed by atoms with van der Waals surface area (Å²) >= 11 is 0. The normalized spacial score (nSPS) is 12.1. The predicted octanol–water partition coefficient (Wildman–Crippen LogP) is 6.84. The van der Waals surface area contributed by atoms with E-state index in [-0.39, 0.29) is 5.82 Å². The van der Waals surface area contributed by atoms with E-state index in [4.69, 9.17) is 4.42 Å². The molecular weight excluding hydrogens is 337 g/mol. The molecule has 128 valence electrons. The fourth-order valence-electron chi connectivity index (χ4n) is 4.25. The van der Waals surface area contributed by atoms with Gasteiger partial charge in [-0.25, -0.2) is 4.39 Å². The number of aromatic nitrogens is 1. The zero-order chi connectivity index (χ0) is 18.1. The Kier molecular flexibility index (Phi) is 2.74. The Morgan fingerprint density at radius 2 is 1.63 bits per heavy atom. The van der Waals surface area contributed by atoms with Crippen LogP contribution in [0.2, 0.25) is 0 Å². The third-order valence-electron chi connectivity index (χ3n) is 5.45. The Balaban J connectivity index is 1.77. The molecule has 0 radical (unpaired) electrons. The molecule has 0 unspecified atom stereocenters. The van der Waals surface area contributed by atoms with Crippen LogP contribution >= 0.6 is 0 Å². The second kappa shape index (κ2) is 5.04. The average Bonchev–Trinajstić information content (AvgIpc) is 3.07. The van der Waals surface area contributed by atoms with E-state index in [1.807, 2.05) is 24.3 Å². The molecule has 0 amide bonds. The van der Waals surface area contributed by atoms with E-state index in [1.54, 1.807) is 18.3 Å². The standard InChI is InChI=1S/C24H14FNO/c1-13-9-15(10-14-5-2-3-6-16(13)14)24-18-11-19(25)17-7-4-8-20-22(17)23(18)21(27-20)12-26-24/h2-12H,1H3. The Morgan fingerprint density at radius 3 is 2.56 bits per heavy atom. The van der Waals surface area contributed by atoms with Gasteiger partial charge in [0.15, 0.2) is 5.58 Å². The number of fused-ring (bicyclic) bond motifs is 1. The van der Waals surface area contributed by atoms with Crippen LogP contribution in [0.25, 0.3) is 54.7 Å². The predicted molar refractivity (Wildman–Crippen MR) is 108 cm³/mol. The quantitative estimate of drug-likeness (QED) is 0.303. The molecular formula is C24H14FNO. The number of aryl methyl sites for hydroxylation is 1. The Hall–Kier alpha value is -3.46. The number of pyridine rings is 1. The molecule has 0 fully saturated rings. The topological polar surface area (TPSA) is 26.0 Å². The van der Waals surface area contributed by atoms with Crippen molar-refractivity contribution in [1.29, 1.82) is 0 Å². The van der Waals surface area contributed by atoms with Gasteiger partial charge in [0.05, 0.1) is 11.9 Å². The monoisotopic (exact) mass is 351 g/mol. The summed E-state index contributed by atoms with van der Waals surface area (Å²) in [6, 6.07) is 19.6. The number of furan rings is 1. The first-order valence-electron chi connectivity index (χ1n) is 8.92. The largest absolute Gasteiger partial charge is 0.454 e. The van der Waals surface area contributed by atoms with E-state index in [0.717, 1.165) is 32.8 Å². The molecule has 4 aromatic carbocycles. The highest BCUT2D eigenvalue weighted by atomic mass is 19.1. The second-order valence-electron chi connectivity index (χ2n) is 7.05. The van der Waals surface area contributed by atoms with Crippen molar-refractivity contribution in [3.8, 4) is 11.3 Å². The van der Waals surface area contributed by atoms with Crippen LogP contribution in [0.3, 0.4) is 0 Å². The molecule has 2 nitrogen and oxygen atoms in total. The highest BCUT2D eigenvalue weighted by Gasteiger charge is 2.19. The van der Waals surface area contributed by atoms with Crippen LogP contribution in [0.4, 0.5) is 4.39 Å². The molecule has 0 atom stereocenters. The molecule has 6 rings (SSSR count). The smallest absolute Gasteiger partial charge is 0.154 e. The van der Waals surface area contributed by atoms with Crippen molar-refractivity contribution >= 4 is 43.5 Å². The maximum atomic E-state index is 14.9. The summed E-state index contributed by atoms with van der Waals surface area (Å²) in [4.78, 5) is 4.65. The van der Waals surface area contributed by atoms with Gasteiger partial charge in [0.2, 0.25) is 0 Å². The highest BCUT2D eigenvalue weighted by Crippen LogP contribution is 2.41. The summed E-state index contributed by atoms with van der Waals surface area (Å²) in [5.74, 6) is -0.248. The van der Waals surface area contributed by atoms with Crippen LogP contribution in [0.5, 0.6) is 0 Å². The number of rotatable bonds is 1. The Bertz CT molecular complexity index is 1500. The first-order chi connectivity index (χ1) is 13.2. The van der Waals surface area contributed by atoms with Crippen molar-refractivity contribution in [1.82, 2.24) is 4.98 Å². The number of hydrogen-bond acceptors (Lipinski definition) is 2. The molecule has 6 aromatic rings. The summed E-state index contributed by atoms with van der Waals surface area (Å²) < 4.78 is 20.8. The van der Waals surface area contributed by atoms with E-state index in [9.17, 15) is 4.39 Å². The summed E-state index contributed by atoms with van der Waals surface area (Å²) in [7, 11) is 0. The van der Waals surface area contributed by atoms with Gasteiger partial charge in [0.25, 0.3) is 0 Å². The van der Waals surface area contributed by atoms with Gasteiger partial charge in [-0.15, -0.1) is 0 Å². The van der Waals surface area contributed by atoms with Gasteiger partial charge >= 0.3 is 0 Å². The summed E-state index contributed by atoms with van der Waals surface area (Å²) in [5, 5.41) is 5.53. The number of nitrogens with zero attached hydrogens (tertiary/aromatic N) is 1. The van der Waals surface area contributed by atoms with Gasteiger partial charge in [-0.1, -0.05) is 36.4 Å². The van der Waals surface area contributed by atoms with E-state index in [2.05, 4.69) is 36.2 Å². The maximum Gasteiger partial charge on any atom is 0.154 e. The molecule has 3 heteroatoms. The van der Waals surface area contributed by atoms with E-state index in [1.165, 1.54) is 10.9 Å². The van der Waals surface area contributed by atoms with Crippen molar-refractivity contribution in [2.45, 2.75) is 6.92 Å². The van der Waals surface area contributed by atoms with Crippen molar-refractivity contribution in [3.05, 3.63) is 78.2 Å². The minimum Gasteiger partial charge on any atom is -0.454 e. The molecule has 0 saturated heterocycles. The van der Waals surface area contributed by atoms with Gasteiger partial charge in [-0.2, -0.15) is 0 Å². The molecule has 27 heavy (non-hydrogen) atoms. The zero-order valence-electron chi connectivity index (χ0n) is 14.6. The van der Waals surface area contributed by atoms with Crippen LogP contribution in [0, 0.1) is 12.7 Å². The SMILES string of the molecule is Cc1cc(-c2ncc3oc4cccc5c(F)cc2c3c45)cc2ccccc12. The molecule has 0 bridgehead atoms. The summed E-state index contributed by atoms with van der Waals surface area (Å²) in [6.45, 7) is 2.09. The van der Waals surface area contributed by atoms with Gasteiger partial charge in [-0.05, 0) is 47.5 Å². The summed E-state index contributed by atoms with van der Waals surface area (Å²) in [6.07, 6.45) is 1.75. The summed E-state index contributed by atoms with van der Waals surface area (Å²) in [5.41, 5.74) is 4.33. The molecule has 0 saturated carbocycles. The molecule has 0 N–H and O–H groups in total. The molecule has 0 aliphatic heterocycles. The van der Waals surface area contributed by atoms with Crippen molar-refractivity contribution in [2.75, 3.05) is 0 Å². The lowest BCUT2D eigenvalue weighted by atomic mass is 9.95. The lowest BCUT2D eigenvalue weighted by molar-refractivity contribution is 0.641. The van der Waals surface area contributed by atoms with Crippen LogP contribution in [-0.4, -0.2) is 4.98 Å². The molecule has 2 heterocycles. The lowest BCUT2D eigenvalue weighted by Gasteiger charge is -2.10. The minimum atomic E-state index is -0.248. The van der Waals surface area contributed by atoms with Crippen molar-refractivity contribution in [2.24, 2.45) is 0 Å². The Labute approximate surface area is 154 Å². The van der Waals surface area contributed by atoms with E-state index >= 15 is 0 Å². The number of benzene rings is 4. The lowest BCUT2D eigenvalue weighted by Crippen LogP contribution is -1.90. The van der Waals surface area contributed by atoms with E-state index in [0.29, 0.717) is 16.6 Å². The van der Waals surface area contributed by atoms with Gasteiger partial charge < -0.3 is 4.42 Å². The fraction of sp³-hybridized carbons (Fsp3) is 0.0417. The van der Waals surface area contributed by atoms with Gasteiger partial charge in [-0.3, -0.25) is 4.98 Å². The highest BCUT2D eigenvalue weighted by molar-refractivity contribution is 6.23. The zero-order valence-corrected chi connectivity index (χ0v) is 14.6. The fourth-order valence-corrected chi connectivity index (χ4v) is 4.25. The van der Waals surface area contributed by atoms with Crippen LogP contribution < -0.4 is 0 Å². The van der Waals surface area contributed by atoms with Crippen LogP contribution in [0.15, 0.2) is 71.3 Å². The molecule has 0 aliphatic carbocycles. The first-order valence-corrected chi connectivity index (χ1v) is 8.92. The first kappa shape index (κ1) is 14.7. The number of hydrogen-bond donors (Lipinski definition) is 0. The average molecular weight is 351 g/mol. The molecule has 0 spiro atoms. The molecule has 2 aromatic heterocycles. The maximum absolute atomic E-state index is 14.9. The van der Waals surface area contributed by atoms with Gasteiger partial charge in [0.1, 0.15) is 11.4 Å². The second-order valence-corrected chi connectivity index (χ2v) is 7.05. The Morgan fingerprint density at radius 1 is 0.815 bits per heavy atom. The van der Waals surface area contributed by atoms with Crippen molar-refractivity contribution < 1.29 is 8.81 Å². The minimum absolute atomic E-state index is 0.248. The van der Waals surface area contributed by atoms with Gasteiger partial charge in [0, 0.05) is 27.1 Å². The number of halogens is 1. The van der Waals surface area contributed by atoms with E-state index < -0.39 is 0 Å². The third-order valence-corrected chi connectivity index (χ3v) is 5.45.